The van der Waals surface area contributed by atoms with E-state index in [-0.39, 0.29) is 18.3 Å². The van der Waals surface area contributed by atoms with Crippen molar-refractivity contribution in [2.24, 2.45) is 0 Å². The summed E-state index contributed by atoms with van der Waals surface area (Å²) >= 11 is 3.42. The van der Waals surface area contributed by atoms with E-state index in [1.807, 2.05) is 25.1 Å². The molecule has 0 fully saturated rings. The van der Waals surface area contributed by atoms with E-state index in [4.69, 9.17) is 4.74 Å². The summed E-state index contributed by atoms with van der Waals surface area (Å²) in [5.74, 6) is 0.0313. The Kier molecular flexibility index (Phi) is 6.42. The highest BCUT2D eigenvalue weighted by Crippen LogP contribution is 2.26. The minimum absolute atomic E-state index is 0.242. The molecule has 0 bridgehead atoms. The van der Waals surface area contributed by atoms with E-state index >= 15 is 0 Å². The number of aryl methyl sites for hydroxylation is 1. The summed E-state index contributed by atoms with van der Waals surface area (Å²) in [5, 5.41) is 2.77. The predicted molar refractivity (Wildman–Crippen MR) is 102 cm³/mol. The van der Waals surface area contributed by atoms with Crippen LogP contribution in [0.2, 0.25) is 0 Å². The SMILES string of the molecule is Cc1ccc(OC(C)C(=O)NCc2ccc(N(C)C)c(F)c2)c(Br)c1. The number of nitrogens with one attached hydrogen (secondary N) is 1. The predicted octanol–water partition coefficient (Wildman–Crippen LogP) is 4.05. The van der Waals surface area contributed by atoms with Gasteiger partial charge in [-0.3, -0.25) is 4.79 Å². The summed E-state index contributed by atoms with van der Waals surface area (Å²) in [4.78, 5) is 13.9. The van der Waals surface area contributed by atoms with E-state index in [0.29, 0.717) is 17.0 Å². The van der Waals surface area contributed by atoms with Crippen molar-refractivity contribution in [3.8, 4) is 5.75 Å². The van der Waals surface area contributed by atoms with Gasteiger partial charge in [-0.15, -0.1) is 0 Å². The Morgan fingerprint density at radius 3 is 2.60 bits per heavy atom. The Morgan fingerprint density at radius 2 is 2.00 bits per heavy atom. The van der Waals surface area contributed by atoms with Crippen LogP contribution in [-0.2, 0) is 11.3 Å². The molecule has 6 heteroatoms. The van der Waals surface area contributed by atoms with Gasteiger partial charge in [0.05, 0.1) is 10.2 Å². The van der Waals surface area contributed by atoms with Crippen LogP contribution in [-0.4, -0.2) is 26.1 Å². The molecule has 1 atom stereocenters. The summed E-state index contributed by atoms with van der Waals surface area (Å²) in [6.07, 6.45) is -0.662. The Balaban J connectivity index is 1.94. The summed E-state index contributed by atoms with van der Waals surface area (Å²) < 4.78 is 20.4. The van der Waals surface area contributed by atoms with Gasteiger partial charge < -0.3 is 15.0 Å². The van der Waals surface area contributed by atoms with Gasteiger partial charge in [-0.1, -0.05) is 12.1 Å². The van der Waals surface area contributed by atoms with Crippen molar-refractivity contribution in [2.75, 3.05) is 19.0 Å². The average molecular weight is 409 g/mol. The molecule has 0 spiro atoms. The van der Waals surface area contributed by atoms with E-state index in [2.05, 4.69) is 21.2 Å². The zero-order valence-electron chi connectivity index (χ0n) is 14.8. The largest absolute Gasteiger partial charge is 0.480 e. The maximum atomic E-state index is 14.0. The molecule has 2 aromatic carbocycles. The monoisotopic (exact) mass is 408 g/mol. The second kappa shape index (κ2) is 8.34. The third-order valence-electron chi connectivity index (χ3n) is 3.72. The van der Waals surface area contributed by atoms with Crippen molar-refractivity contribution >= 4 is 27.5 Å². The maximum Gasteiger partial charge on any atom is 0.261 e. The number of hydrogen-bond donors (Lipinski definition) is 1. The quantitative estimate of drug-likeness (QED) is 0.783. The number of carbonyl (C=O) groups excluding carboxylic acids is 1. The van der Waals surface area contributed by atoms with Crippen LogP contribution in [0.15, 0.2) is 40.9 Å². The number of hydrogen-bond acceptors (Lipinski definition) is 3. The van der Waals surface area contributed by atoms with Crippen molar-refractivity contribution in [2.45, 2.75) is 26.5 Å². The Bertz CT molecular complexity index is 765. The van der Waals surface area contributed by atoms with Crippen LogP contribution in [0.4, 0.5) is 10.1 Å². The highest BCUT2D eigenvalue weighted by atomic mass is 79.9. The zero-order chi connectivity index (χ0) is 18.6. The molecule has 0 aliphatic heterocycles. The van der Waals surface area contributed by atoms with Gasteiger partial charge in [0.25, 0.3) is 5.91 Å². The van der Waals surface area contributed by atoms with Crippen LogP contribution in [0.5, 0.6) is 5.75 Å². The van der Waals surface area contributed by atoms with Crippen LogP contribution in [0.1, 0.15) is 18.1 Å². The Morgan fingerprint density at radius 1 is 1.28 bits per heavy atom. The molecule has 1 amide bonds. The normalized spacial score (nSPS) is 11.8. The molecule has 0 aliphatic carbocycles. The lowest BCUT2D eigenvalue weighted by molar-refractivity contribution is -0.127. The zero-order valence-corrected chi connectivity index (χ0v) is 16.4. The first kappa shape index (κ1) is 19.2. The first-order valence-corrected chi connectivity index (χ1v) is 8.73. The van der Waals surface area contributed by atoms with Crippen molar-refractivity contribution in [3.63, 3.8) is 0 Å². The fraction of sp³-hybridized carbons (Fsp3) is 0.316. The molecule has 4 nitrogen and oxygen atoms in total. The van der Waals surface area contributed by atoms with Crippen LogP contribution >= 0.6 is 15.9 Å². The van der Waals surface area contributed by atoms with Gasteiger partial charge in [-0.2, -0.15) is 0 Å². The highest BCUT2D eigenvalue weighted by Gasteiger charge is 2.16. The van der Waals surface area contributed by atoms with Crippen molar-refractivity contribution in [1.29, 1.82) is 0 Å². The van der Waals surface area contributed by atoms with Gasteiger partial charge in [0.1, 0.15) is 11.6 Å². The molecule has 0 saturated carbocycles. The van der Waals surface area contributed by atoms with Gasteiger partial charge in [-0.25, -0.2) is 4.39 Å². The Labute approximate surface area is 156 Å². The molecule has 2 aromatic rings. The standard InChI is InChI=1S/C19H22BrFN2O2/c1-12-5-8-18(15(20)9-12)25-13(2)19(24)22-11-14-6-7-17(23(3)4)16(21)10-14/h5-10,13H,11H2,1-4H3,(H,22,24). The lowest BCUT2D eigenvalue weighted by Gasteiger charge is -2.17. The summed E-state index contributed by atoms with van der Waals surface area (Å²) in [6.45, 7) is 3.90. The minimum Gasteiger partial charge on any atom is -0.480 e. The number of nitrogens with zero attached hydrogens (tertiary/aromatic N) is 1. The van der Waals surface area contributed by atoms with Crippen LogP contribution in [0.3, 0.4) is 0 Å². The molecular weight excluding hydrogens is 387 g/mol. The van der Waals surface area contributed by atoms with Gasteiger partial charge in [0, 0.05) is 20.6 Å². The lowest BCUT2D eigenvalue weighted by Crippen LogP contribution is -2.36. The summed E-state index contributed by atoms with van der Waals surface area (Å²) in [5.41, 5.74) is 2.30. The molecule has 0 radical (unpaired) electrons. The van der Waals surface area contributed by atoms with Gasteiger partial charge in [0.2, 0.25) is 0 Å². The number of carbonyl (C=O) groups is 1. The Hall–Kier alpha value is -2.08. The van der Waals surface area contributed by atoms with Crippen LogP contribution in [0.25, 0.3) is 0 Å². The topological polar surface area (TPSA) is 41.6 Å². The van der Waals surface area contributed by atoms with Crippen molar-refractivity contribution in [3.05, 3.63) is 57.8 Å². The maximum absolute atomic E-state index is 14.0. The van der Waals surface area contributed by atoms with E-state index < -0.39 is 6.10 Å². The molecule has 2 rings (SSSR count). The third-order valence-corrected chi connectivity index (χ3v) is 4.34. The molecular formula is C19H22BrFN2O2. The van der Waals surface area contributed by atoms with Crippen molar-refractivity contribution in [1.82, 2.24) is 5.32 Å². The minimum atomic E-state index is -0.662. The number of benzene rings is 2. The molecule has 0 aromatic heterocycles. The molecule has 25 heavy (non-hydrogen) atoms. The number of anilines is 1. The molecule has 0 aliphatic rings. The average Bonchev–Trinajstić information content (AvgIpc) is 2.54. The molecule has 1 unspecified atom stereocenters. The first-order valence-electron chi connectivity index (χ1n) is 7.94. The second-order valence-electron chi connectivity index (χ2n) is 6.09. The third kappa shape index (κ3) is 5.19. The smallest absolute Gasteiger partial charge is 0.261 e. The lowest BCUT2D eigenvalue weighted by atomic mass is 10.2. The first-order chi connectivity index (χ1) is 11.8. The number of ether oxygens (including phenoxy) is 1. The van der Waals surface area contributed by atoms with Gasteiger partial charge in [-0.05, 0) is 65.2 Å². The second-order valence-corrected chi connectivity index (χ2v) is 6.95. The van der Waals surface area contributed by atoms with E-state index in [9.17, 15) is 9.18 Å². The van der Waals surface area contributed by atoms with E-state index in [1.165, 1.54) is 6.07 Å². The highest BCUT2D eigenvalue weighted by molar-refractivity contribution is 9.10. The molecule has 0 saturated heterocycles. The molecule has 1 N–H and O–H groups in total. The van der Waals surface area contributed by atoms with E-state index in [0.717, 1.165) is 10.0 Å². The summed E-state index contributed by atoms with van der Waals surface area (Å²) in [7, 11) is 3.56. The fourth-order valence-corrected chi connectivity index (χ4v) is 2.89. The van der Waals surface area contributed by atoms with E-state index in [1.54, 1.807) is 38.1 Å². The number of rotatable bonds is 6. The van der Waals surface area contributed by atoms with Crippen LogP contribution < -0.4 is 15.0 Å². The molecule has 0 heterocycles. The number of amides is 1. The fourth-order valence-electron chi connectivity index (χ4n) is 2.30. The van der Waals surface area contributed by atoms with Gasteiger partial charge in [0.15, 0.2) is 6.10 Å². The van der Waals surface area contributed by atoms with Crippen LogP contribution in [0, 0.1) is 12.7 Å². The molecule has 134 valence electrons. The number of halogens is 2. The summed E-state index contributed by atoms with van der Waals surface area (Å²) in [6, 6.07) is 10.6. The van der Waals surface area contributed by atoms with Gasteiger partial charge >= 0.3 is 0 Å². The van der Waals surface area contributed by atoms with Crippen molar-refractivity contribution < 1.29 is 13.9 Å².